The Morgan fingerprint density at radius 2 is 1.78 bits per heavy atom. The molecule has 0 N–H and O–H groups in total. The summed E-state index contributed by atoms with van der Waals surface area (Å²) < 4.78 is 4.16. The summed E-state index contributed by atoms with van der Waals surface area (Å²) >= 11 is 0. The molecule has 1 aliphatic heterocycles. The molecular weight excluding hydrogens is 336 g/mol. The van der Waals surface area contributed by atoms with Gasteiger partial charge < -0.3 is 14.0 Å². The van der Waals surface area contributed by atoms with Crippen molar-refractivity contribution in [3.05, 3.63) is 66.1 Å². The minimum absolute atomic E-state index is 0.0221. The molecule has 0 spiro atoms. The molecule has 5 heteroatoms. The van der Waals surface area contributed by atoms with Crippen LogP contribution in [0, 0.1) is 0 Å². The highest BCUT2D eigenvalue weighted by Gasteiger charge is 2.34. The van der Waals surface area contributed by atoms with Gasteiger partial charge in [-0.25, -0.2) is 4.98 Å². The van der Waals surface area contributed by atoms with E-state index in [0.29, 0.717) is 0 Å². The molecule has 1 saturated heterocycles. The highest BCUT2D eigenvalue weighted by atomic mass is 16.2. The first-order valence-electron chi connectivity index (χ1n) is 9.41. The largest absolute Gasteiger partial charge is 0.350 e. The van der Waals surface area contributed by atoms with Crippen molar-refractivity contribution in [2.75, 3.05) is 6.54 Å². The van der Waals surface area contributed by atoms with E-state index in [4.69, 9.17) is 4.98 Å². The summed E-state index contributed by atoms with van der Waals surface area (Å²) in [7, 11) is 4.04. The van der Waals surface area contributed by atoms with E-state index in [0.717, 1.165) is 52.7 Å². The second-order valence-corrected chi connectivity index (χ2v) is 7.35. The van der Waals surface area contributed by atoms with Crippen LogP contribution in [0.1, 0.15) is 35.1 Å². The number of imidazole rings is 1. The molecule has 1 atom stereocenters. The molecule has 5 nitrogen and oxygen atoms in total. The Balaban J connectivity index is 1.57. The number of para-hydroxylation sites is 3. The fraction of sp³-hybridized carbons (Fsp3) is 0.273. The lowest BCUT2D eigenvalue weighted by Gasteiger charge is -2.24. The van der Waals surface area contributed by atoms with Crippen molar-refractivity contribution in [3.8, 4) is 0 Å². The molecule has 1 fully saturated rings. The summed E-state index contributed by atoms with van der Waals surface area (Å²) in [6.45, 7) is 0.774. The van der Waals surface area contributed by atoms with Gasteiger partial charge in [0.15, 0.2) is 0 Å². The van der Waals surface area contributed by atoms with Crippen molar-refractivity contribution in [2.24, 2.45) is 14.1 Å². The topological polar surface area (TPSA) is 43.1 Å². The third kappa shape index (κ3) is 2.38. The summed E-state index contributed by atoms with van der Waals surface area (Å²) in [6.07, 6.45) is 3.91. The smallest absolute Gasteiger partial charge is 0.256 e. The van der Waals surface area contributed by atoms with E-state index in [9.17, 15) is 4.79 Å². The van der Waals surface area contributed by atoms with Crippen LogP contribution in [-0.2, 0) is 14.1 Å². The van der Waals surface area contributed by atoms with Gasteiger partial charge in [0.05, 0.1) is 22.6 Å². The first kappa shape index (κ1) is 16.1. The van der Waals surface area contributed by atoms with Crippen LogP contribution in [-0.4, -0.2) is 31.5 Å². The van der Waals surface area contributed by atoms with Crippen LogP contribution in [0.5, 0.6) is 0 Å². The lowest BCUT2D eigenvalue weighted by molar-refractivity contribution is 0.0730. The predicted molar refractivity (Wildman–Crippen MR) is 107 cm³/mol. The highest BCUT2D eigenvalue weighted by molar-refractivity contribution is 6.07. The van der Waals surface area contributed by atoms with Crippen molar-refractivity contribution >= 4 is 27.8 Å². The number of fused-ring (bicyclic) bond motifs is 2. The summed E-state index contributed by atoms with van der Waals surface area (Å²) in [5.41, 5.74) is 3.95. The van der Waals surface area contributed by atoms with Gasteiger partial charge in [0, 0.05) is 37.7 Å². The quantitative estimate of drug-likeness (QED) is 0.543. The van der Waals surface area contributed by atoms with Crippen LogP contribution in [0.3, 0.4) is 0 Å². The fourth-order valence-electron chi connectivity index (χ4n) is 4.41. The predicted octanol–water partition coefficient (Wildman–Crippen LogP) is 4.04. The van der Waals surface area contributed by atoms with E-state index in [2.05, 4.69) is 16.7 Å². The molecule has 5 rings (SSSR count). The van der Waals surface area contributed by atoms with Gasteiger partial charge in [-0.1, -0.05) is 30.3 Å². The molecule has 0 bridgehead atoms. The van der Waals surface area contributed by atoms with Gasteiger partial charge in [0.2, 0.25) is 0 Å². The number of hydrogen-bond donors (Lipinski definition) is 0. The van der Waals surface area contributed by atoms with E-state index in [1.165, 1.54) is 0 Å². The zero-order chi connectivity index (χ0) is 18.5. The first-order chi connectivity index (χ1) is 13.1. The summed E-state index contributed by atoms with van der Waals surface area (Å²) in [6, 6.07) is 16.3. The van der Waals surface area contributed by atoms with Gasteiger partial charge in [-0.15, -0.1) is 0 Å². The van der Waals surface area contributed by atoms with E-state index in [1.807, 2.05) is 66.2 Å². The second kappa shape index (κ2) is 5.98. The Labute approximate surface area is 157 Å². The normalized spacial score (nSPS) is 17.3. The summed E-state index contributed by atoms with van der Waals surface area (Å²) in [4.78, 5) is 20.3. The number of aromatic nitrogens is 3. The third-order valence-corrected chi connectivity index (χ3v) is 5.76. The number of rotatable bonds is 2. The van der Waals surface area contributed by atoms with Gasteiger partial charge in [-0.2, -0.15) is 0 Å². The Hall–Kier alpha value is -3.08. The van der Waals surface area contributed by atoms with Crippen molar-refractivity contribution in [1.29, 1.82) is 0 Å². The lowest BCUT2D eigenvalue weighted by Crippen LogP contribution is -2.31. The van der Waals surface area contributed by atoms with Gasteiger partial charge in [-0.3, -0.25) is 4.79 Å². The Kier molecular flexibility index (Phi) is 3.57. The number of likely N-dealkylation sites (tertiary alicyclic amines) is 1. The maximum absolute atomic E-state index is 13.5. The van der Waals surface area contributed by atoms with Gasteiger partial charge >= 0.3 is 0 Å². The number of amides is 1. The van der Waals surface area contributed by atoms with Crippen LogP contribution < -0.4 is 0 Å². The maximum Gasteiger partial charge on any atom is 0.256 e. The van der Waals surface area contributed by atoms with Crippen molar-refractivity contribution in [2.45, 2.75) is 18.9 Å². The molecule has 3 heterocycles. The highest BCUT2D eigenvalue weighted by Crippen LogP contribution is 2.35. The Morgan fingerprint density at radius 1 is 1.04 bits per heavy atom. The molecule has 2 aromatic carbocycles. The molecule has 136 valence electrons. The molecular formula is C22H22N4O. The molecule has 27 heavy (non-hydrogen) atoms. The van der Waals surface area contributed by atoms with Crippen molar-refractivity contribution in [1.82, 2.24) is 19.0 Å². The lowest BCUT2D eigenvalue weighted by atomic mass is 10.1. The number of aryl methyl sites for hydroxylation is 2. The van der Waals surface area contributed by atoms with E-state index in [-0.39, 0.29) is 11.9 Å². The minimum Gasteiger partial charge on any atom is -0.350 e. The van der Waals surface area contributed by atoms with Crippen LogP contribution >= 0.6 is 0 Å². The Morgan fingerprint density at radius 3 is 2.59 bits per heavy atom. The van der Waals surface area contributed by atoms with E-state index in [1.54, 1.807) is 0 Å². The average Bonchev–Trinajstić information content (AvgIpc) is 3.38. The van der Waals surface area contributed by atoms with Crippen LogP contribution in [0.25, 0.3) is 21.9 Å². The average molecular weight is 358 g/mol. The number of benzene rings is 2. The van der Waals surface area contributed by atoms with Gasteiger partial charge in [-0.05, 0) is 31.0 Å². The van der Waals surface area contributed by atoms with Crippen LogP contribution in [0.15, 0.2) is 54.7 Å². The van der Waals surface area contributed by atoms with Gasteiger partial charge in [0.25, 0.3) is 5.91 Å². The maximum atomic E-state index is 13.5. The molecule has 0 aliphatic carbocycles. The van der Waals surface area contributed by atoms with Crippen molar-refractivity contribution in [3.63, 3.8) is 0 Å². The molecule has 0 saturated carbocycles. The summed E-state index contributed by atoms with van der Waals surface area (Å²) in [5, 5.41) is 1.01. The number of hydrogen-bond acceptors (Lipinski definition) is 2. The Bertz CT molecular complexity index is 1170. The molecule has 1 amide bonds. The molecule has 0 radical (unpaired) electrons. The number of carbonyl (C=O) groups is 1. The van der Waals surface area contributed by atoms with Crippen LogP contribution in [0.4, 0.5) is 0 Å². The van der Waals surface area contributed by atoms with Gasteiger partial charge in [0.1, 0.15) is 5.82 Å². The third-order valence-electron chi connectivity index (χ3n) is 5.76. The molecule has 2 aromatic heterocycles. The molecule has 1 unspecified atom stereocenters. The molecule has 1 aliphatic rings. The van der Waals surface area contributed by atoms with Crippen molar-refractivity contribution < 1.29 is 4.79 Å². The van der Waals surface area contributed by atoms with E-state index < -0.39 is 0 Å². The number of carbonyl (C=O) groups excluding carboxylic acids is 1. The van der Waals surface area contributed by atoms with Crippen LogP contribution in [0.2, 0.25) is 0 Å². The first-order valence-corrected chi connectivity index (χ1v) is 9.41. The number of nitrogens with zero attached hydrogens (tertiary/aromatic N) is 4. The standard InChI is InChI=1S/C22H22N4O/c1-24-14-16(15-8-3-5-10-18(15)24)22(27)26-13-7-12-20(26)21-23-17-9-4-6-11-19(17)25(21)2/h3-6,8-11,14,20H,7,12-13H2,1-2H3. The SMILES string of the molecule is Cn1cc(C(=O)N2CCCC2c2nc3ccccc3n2C)c2ccccc21. The molecule has 4 aromatic rings. The zero-order valence-corrected chi connectivity index (χ0v) is 15.6. The van der Waals surface area contributed by atoms with E-state index >= 15 is 0 Å². The monoisotopic (exact) mass is 358 g/mol. The fourth-order valence-corrected chi connectivity index (χ4v) is 4.41. The second-order valence-electron chi connectivity index (χ2n) is 7.35. The zero-order valence-electron chi connectivity index (χ0n) is 15.6. The minimum atomic E-state index is 0.0221. The summed E-state index contributed by atoms with van der Waals surface area (Å²) in [5.74, 6) is 1.07.